The zero-order valence-corrected chi connectivity index (χ0v) is 16.0. The van der Waals surface area contributed by atoms with Crippen LogP contribution in [0.25, 0.3) is 16.8 Å². The number of hydrogen-bond acceptors (Lipinski definition) is 2. The number of ether oxygens (including phenoxy) is 1. The summed E-state index contributed by atoms with van der Waals surface area (Å²) in [4.78, 5) is 12.1. The van der Waals surface area contributed by atoms with E-state index in [9.17, 15) is 4.79 Å². The molecule has 0 atom stereocenters. The summed E-state index contributed by atoms with van der Waals surface area (Å²) in [6, 6.07) is 12.7. The predicted octanol–water partition coefficient (Wildman–Crippen LogP) is 6.32. The van der Waals surface area contributed by atoms with Crippen LogP contribution in [0.1, 0.15) is 64.5 Å². The number of unbranched alkanes of at least 4 members (excludes halogenated alkanes) is 3. The number of fused-ring (bicyclic) bond motifs is 1. The van der Waals surface area contributed by atoms with Gasteiger partial charge in [-0.1, -0.05) is 62.6 Å². The Morgan fingerprint density at radius 2 is 1.80 bits per heavy atom. The maximum Gasteiger partial charge on any atom is 0.331 e. The molecule has 2 nitrogen and oxygen atoms in total. The fourth-order valence-corrected chi connectivity index (χ4v) is 2.98. The highest BCUT2D eigenvalue weighted by Gasteiger charge is 2.14. The van der Waals surface area contributed by atoms with Crippen molar-refractivity contribution in [2.75, 3.05) is 0 Å². The zero-order valence-electron chi connectivity index (χ0n) is 16.0. The largest absolute Gasteiger partial charge is 0.457 e. The lowest BCUT2D eigenvalue weighted by atomic mass is 9.95. The van der Waals surface area contributed by atoms with Crippen LogP contribution in [0.2, 0.25) is 0 Å². The number of carbonyl (C=O) groups excluding carboxylic acids is 1. The first-order chi connectivity index (χ1) is 11.9. The summed E-state index contributed by atoms with van der Waals surface area (Å²) in [5.74, 6) is -0.294. The number of hydrogen-bond donors (Lipinski definition) is 0. The summed E-state index contributed by atoms with van der Waals surface area (Å²) >= 11 is 0. The molecule has 0 fully saturated rings. The molecule has 2 rings (SSSR count). The normalized spacial score (nSPS) is 12.0. The molecule has 0 aliphatic rings. The average Bonchev–Trinajstić information content (AvgIpc) is 2.55. The molecule has 0 bridgehead atoms. The van der Waals surface area contributed by atoms with Crippen LogP contribution in [0.4, 0.5) is 0 Å². The van der Waals surface area contributed by atoms with Crippen molar-refractivity contribution in [1.82, 2.24) is 0 Å². The predicted molar refractivity (Wildman–Crippen MR) is 107 cm³/mol. The van der Waals surface area contributed by atoms with Crippen LogP contribution in [0, 0.1) is 0 Å². The van der Waals surface area contributed by atoms with E-state index < -0.39 is 5.60 Å². The number of benzene rings is 2. The Labute approximate surface area is 151 Å². The summed E-state index contributed by atoms with van der Waals surface area (Å²) in [7, 11) is 0. The Kier molecular flexibility index (Phi) is 6.81. The van der Waals surface area contributed by atoms with Gasteiger partial charge < -0.3 is 4.74 Å². The molecule has 0 aliphatic carbocycles. The highest BCUT2D eigenvalue weighted by atomic mass is 16.6. The van der Waals surface area contributed by atoms with Crippen LogP contribution in [-0.4, -0.2) is 11.6 Å². The van der Waals surface area contributed by atoms with Gasteiger partial charge in [0.15, 0.2) is 0 Å². The van der Waals surface area contributed by atoms with E-state index in [2.05, 4.69) is 31.2 Å². The lowest BCUT2D eigenvalue weighted by Crippen LogP contribution is -2.22. The summed E-state index contributed by atoms with van der Waals surface area (Å²) in [6.07, 6.45) is 9.46. The molecule has 0 amide bonds. The van der Waals surface area contributed by atoms with Crippen molar-refractivity contribution in [3.63, 3.8) is 0 Å². The summed E-state index contributed by atoms with van der Waals surface area (Å²) in [6.45, 7) is 7.88. The van der Waals surface area contributed by atoms with Gasteiger partial charge in [-0.25, -0.2) is 4.79 Å². The SMILES string of the molecule is CCCCCCc1ccc2ccccc2c1/C=C/C(=O)OC(C)(C)C. The van der Waals surface area contributed by atoms with E-state index in [1.807, 2.05) is 39.0 Å². The van der Waals surface area contributed by atoms with Crippen LogP contribution in [0.5, 0.6) is 0 Å². The molecule has 2 heteroatoms. The lowest BCUT2D eigenvalue weighted by molar-refractivity contribution is -0.148. The third-order valence-electron chi connectivity index (χ3n) is 4.15. The molecule has 0 heterocycles. The van der Waals surface area contributed by atoms with Gasteiger partial charge in [0.1, 0.15) is 5.60 Å². The zero-order chi connectivity index (χ0) is 18.3. The maximum atomic E-state index is 12.1. The van der Waals surface area contributed by atoms with Gasteiger partial charge >= 0.3 is 5.97 Å². The molecule has 0 spiro atoms. The molecule has 134 valence electrons. The second kappa shape index (κ2) is 8.84. The monoisotopic (exact) mass is 338 g/mol. The number of rotatable bonds is 7. The summed E-state index contributed by atoms with van der Waals surface area (Å²) in [5.41, 5.74) is 1.97. The third-order valence-corrected chi connectivity index (χ3v) is 4.15. The molecule has 0 unspecified atom stereocenters. The Balaban J connectivity index is 2.28. The van der Waals surface area contributed by atoms with E-state index in [1.54, 1.807) is 6.08 Å². The first-order valence-electron chi connectivity index (χ1n) is 9.32. The van der Waals surface area contributed by atoms with Gasteiger partial charge in [-0.3, -0.25) is 0 Å². The van der Waals surface area contributed by atoms with E-state index in [1.165, 1.54) is 42.0 Å². The molecule has 0 radical (unpaired) electrons. The van der Waals surface area contributed by atoms with Gasteiger partial charge in [0.05, 0.1) is 0 Å². The topological polar surface area (TPSA) is 26.3 Å². The molecule has 2 aromatic carbocycles. The second-order valence-corrected chi connectivity index (χ2v) is 7.54. The minimum absolute atomic E-state index is 0.294. The van der Waals surface area contributed by atoms with Gasteiger partial charge in [0, 0.05) is 6.08 Å². The minimum atomic E-state index is -0.469. The van der Waals surface area contributed by atoms with E-state index in [0.717, 1.165) is 12.0 Å². The van der Waals surface area contributed by atoms with Crippen LogP contribution in [-0.2, 0) is 16.0 Å². The number of carbonyl (C=O) groups is 1. The van der Waals surface area contributed by atoms with Gasteiger partial charge in [0.25, 0.3) is 0 Å². The van der Waals surface area contributed by atoms with Crippen molar-refractivity contribution in [3.8, 4) is 0 Å². The minimum Gasteiger partial charge on any atom is -0.457 e. The molecule has 0 N–H and O–H groups in total. The molecular weight excluding hydrogens is 308 g/mol. The number of aryl methyl sites for hydroxylation is 1. The van der Waals surface area contributed by atoms with Gasteiger partial charge in [0.2, 0.25) is 0 Å². The lowest BCUT2D eigenvalue weighted by Gasteiger charge is -2.18. The van der Waals surface area contributed by atoms with Crippen LogP contribution in [0.3, 0.4) is 0 Å². The van der Waals surface area contributed by atoms with Crippen molar-refractivity contribution < 1.29 is 9.53 Å². The first-order valence-corrected chi connectivity index (χ1v) is 9.32. The van der Waals surface area contributed by atoms with Crippen LogP contribution in [0.15, 0.2) is 42.5 Å². The molecule has 0 aromatic heterocycles. The van der Waals surface area contributed by atoms with Gasteiger partial charge in [-0.15, -0.1) is 0 Å². The van der Waals surface area contributed by atoms with Crippen molar-refractivity contribution in [2.45, 2.75) is 65.4 Å². The standard InChI is InChI=1S/C23H30O2/c1-5-6-7-8-11-19-15-14-18-12-9-10-13-20(18)21(19)16-17-22(24)25-23(2,3)4/h9-10,12-17H,5-8,11H2,1-4H3/b17-16+. The van der Waals surface area contributed by atoms with E-state index >= 15 is 0 Å². The summed E-state index contributed by atoms with van der Waals surface area (Å²) in [5, 5.41) is 2.39. The smallest absolute Gasteiger partial charge is 0.331 e. The van der Waals surface area contributed by atoms with E-state index in [4.69, 9.17) is 4.74 Å². The molecular formula is C23H30O2. The highest BCUT2D eigenvalue weighted by Crippen LogP contribution is 2.25. The van der Waals surface area contributed by atoms with Crippen molar-refractivity contribution in [3.05, 3.63) is 53.6 Å². The molecule has 0 aliphatic heterocycles. The van der Waals surface area contributed by atoms with Crippen LogP contribution >= 0.6 is 0 Å². The highest BCUT2D eigenvalue weighted by molar-refractivity contribution is 5.96. The van der Waals surface area contributed by atoms with Gasteiger partial charge in [-0.2, -0.15) is 0 Å². The third kappa shape index (κ3) is 6.04. The average molecular weight is 338 g/mol. The van der Waals surface area contributed by atoms with Crippen LogP contribution < -0.4 is 0 Å². The Morgan fingerprint density at radius 3 is 2.52 bits per heavy atom. The maximum absolute atomic E-state index is 12.1. The van der Waals surface area contributed by atoms with E-state index in [0.29, 0.717) is 0 Å². The van der Waals surface area contributed by atoms with Gasteiger partial charge in [-0.05, 0) is 61.6 Å². The summed E-state index contributed by atoms with van der Waals surface area (Å²) < 4.78 is 5.40. The van der Waals surface area contributed by atoms with Crippen molar-refractivity contribution in [1.29, 1.82) is 0 Å². The molecule has 0 saturated heterocycles. The quantitative estimate of drug-likeness (QED) is 0.335. The molecule has 2 aromatic rings. The second-order valence-electron chi connectivity index (χ2n) is 7.54. The Bertz CT molecular complexity index is 735. The Hall–Kier alpha value is -2.09. The fourth-order valence-electron chi connectivity index (χ4n) is 2.98. The molecule has 25 heavy (non-hydrogen) atoms. The molecule has 0 saturated carbocycles. The van der Waals surface area contributed by atoms with E-state index in [-0.39, 0.29) is 5.97 Å². The number of esters is 1. The Morgan fingerprint density at radius 1 is 1.04 bits per heavy atom. The fraction of sp³-hybridized carbons (Fsp3) is 0.435. The van der Waals surface area contributed by atoms with Crippen molar-refractivity contribution in [2.24, 2.45) is 0 Å². The first kappa shape index (κ1) is 19.2. The van der Waals surface area contributed by atoms with Crippen molar-refractivity contribution >= 4 is 22.8 Å².